The Morgan fingerprint density at radius 1 is 1.14 bits per heavy atom. The highest BCUT2D eigenvalue weighted by Gasteiger charge is 2.16. The zero-order valence-corrected chi connectivity index (χ0v) is 13.1. The van der Waals surface area contributed by atoms with Crippen LogP contribution in [-0.4, -0.2) is 12.2 Å². The van der Waals surface area contributed by atoms with Gasteiger partial charge in [0.2, 0.25) is 0 Å². The largest absolute Gasteiger partial charge is 0.495 e. The topological polar surface area (TPSA) is 54.6 Å². The molecule has 4 nitrogen and oxygen atoms in total. The second-order valence-corrected chi connectivity index (χ2v) is 6.04. The number of aliphatic hydroxyl groups excluding tert-OH is 1. The maximum absolute atomic E-state index is 9.01. The second kappa shape index (κ2) is 6.22. The number of hydrogen-bond acceptors (Lipinski definition) is 4. The molecular weight excluding hydrogens is 266 g/mol. The van der Waals surface area contributed by atoms with Gasteiger partial charge in [0.05, 0.1) is 19.3 Å². The molecule has 0 atom stereocenters. The predicted molar refractivity (Wildman–Crippen MR) is 83.7 cm³/mol. The van der Waals surface area contributed by atoms with Crippen molar-refractivity contribution < 1.29 is 14.3 Å². The average Bonchev–Trinajstić information content (AvgIpc) is 2.91. The molecule has 1 heterocycles. The number of ether oxygens (including phenoxy) is 1. The predicted octanol–water partition coefficient (Wildman–Crippen LogP) is 3.69. The summed E-state index contributed by atoms with van der Waals surface area (Å²) in [4.78, 5) is 0. The molecule has 2 rings (SSSR count). The number of furan rings is 1. The summed E-state index contributed by atoms with van der Waals surface area (Å²) >= 11 is 0. The first-order valence-corrected chi connectivity index (χ1v) is 7.05. The lowest BCUT2D eigenvalue weighted by molar-refractivity contribution is 0.244. The normalized spacial score (nSPS) is 11.5. The Morgan fingerprint density at radius 2 is 1.86 bits per heavy atom. The van der Waals surface area contributed by atoms with Crippen molar-refractivity contribution in [1.29, 1.82) is 0 Å². The van der Waals surface area contributed by atoms with Gasteiger partial charge in [0, 0.05) is 0 Å². The van der Waals surface area contributed by atoms with Crippen LogP contribution < -0.4 is 10.1 Å². The maximum Gasteiger partial charge on any atom is 0.141 e. The Balaban J connectivity index is 2.17. The van der Waals surface area contributed by atoms with Crippen molar-refractivity contribution in [2.45, 2.75) is 39.3 Å². The van der Waals surface area contributed by atoms with Gasteiger partial charge in [0.15, 0.2) is 0 Å². The molecule has 1 aromatic carbocycles. The molecular formula is C17H23NO3. The number of anilines is 1. The Labute approximate surface area is 125 Å². The summed E-state index contributed by atoms with van der Waals surface area (Å²) in [5.74, 6) is 2.15. The number of hydrogen-bond donors (Lipinski definition) is 2. The van der Waals surface area contributed by atoms with Crippen LogP contribution in [0.3, 0.4) is 0 Å². The molecule has 1 aromatic heterocycles. The highest BCUT2D eigenvalue weighted by atomic mass is 16.5. The lowest BCUT2D eigenvalue weighted by atomic mass is 9.87. The van der Waals surface area contributed by atoms with E-state index in [0.717, 1.165) is 17.2 Å². The summed E-state index contributed by atoms with van der Waals surface area (Å²) in [5.41, 5.74) is 2.26. The van der Waals surface area contributed by atoms with Gasteiger partial charge in [-0.2, -0.15) is 0 Å². The molecule has 21 heavy (non-hydrogen) atoms. The minimum absolute atomic E-state index is 0.0805. The molecule has 0 aliphatic heterocycles. The van der Waals surface area contributed by atoms with Crippen molar-refractivity contribution in [3.63, 3.8) is 0 Å². The van der Waals surface area contributed by atoms with Crippen molar-refractivity contribution in [3.05, 3.63) is 47.4 Å². The molecule has 0 fully saturated rings. The molecule has 2 aromatic rings. The quantitative estimate of drug-likeness (QED) is 0.881. The third kappa shape index (κ3) is 3.79. The van der Waals surface area contributed by atoms with Gasteiger partial charge in [-0.25, -0.2) is 0 Å². The van der Waals surface area contributed by atoms with Gasteiger partial charge >= 0.3 is 0 Å². The zero-order valence-electron chi connectivity index (χ0n) is 13.1. The summed E-state index contributed by atoms with van der Waals surface area (Å²) in [6, 6.07) is 9.80. The first-order chi connectivity index (χ1) is 9.94. The molecule has 114 valence electrons. The molecule has 0 aliphatic carbocycles. The van der Waals surface area contributed by atoms with Crippen molar-refractivity contribution in [1.82, 2.24) is 0 Å². The Kier molecular flexibility index (Phi) is 4.58. The Morgan fingerprint density at radius 3 is 2.43 bits per heavy atom. The van der Waals surface area contributed by atoms with E-state index in [-0.39, 0.29) is 12.0 Å². The van der Waals surface area contributed by atoms with E-state index >= 15 is 0 Å². The van der Waals surface area contributed by atoms with E-state index in [9.17, 15) is 0 Å². The molecule has 0 amide bonds. The standard InChI is InChI=1S/C17H23NO3/c1-17(2,3)12-5-8-16(20-4)15(9-12)18-10-13-6-7-14(11-19)21-13/h5-9,18-19H,10-11H2,1-4H3. The SMILES string of the molecule is COc1ccc(C(C)(C)C)cc1NCc1ccc(CO)o1. The zero-order chi connectivity index (χ0) is 15.5. The molecule has 0 saturated carbocycles. The summed E-state index contributed by atoms with van der Waals surface area (Å²) in [7, 11) is 1.66. The first-order valence-electron chi connectivity index (χ1n) is 7.05. The van der Waals surface area contributed by atoms with Crippen molar-refractivity contribution in [3.8, 4) is 5.75 Å². The Hall–Kier alpha value is -1.94. The van der Waals surface area contributed by atoms with Gasteiger partial charge in [-0.3, -0.25) is 0 Å². The van der Waals surface area contributed by atoms with Gasteiger partial charge in [-0.15, -0.1) is 0 Å². The number of nitrogens with one attached hydrogen (secondary N) is 1. The van der Waals surface area contributed by atoms with Crippen LogP contribution in [0.5, 0.6) is 5.75 Å². The van der Waals surface area contributed by atoms with Crippen molar-refractivity contribution in [2.75, 3.05) is 12.4 Å². The van der Waals surface area contributed by atoms with Crippen LogP contribution >= 0.6 is 0 Å². The maximum atomic E-state index is 9.01. The third-order valence-electron chi connectivity index (χ3n) is 3.39. The molecule has 0 spiro atoms. The van der Waals surface area contributed by atoms with Crippen LogP contribution in [0, 0.1) is 0 Å². The van der Waals surface area contributed by atoms with Crippen molar-refractivity contribution in [2.24, 2.45) is 0 Å². The number of aliphatic hydroxyl groups is 1. The van der Waals surface area contributed by atoms with E-state index in [0.29, 0.717) is 12.3 Å². The van der Waals surface area contributed by atoms with E-state index < -0.39 is 0 Å². The summed E-state index contributed by atoms with van der Waals surface area (Å²) in [5, 5.41) is 12.3. The third-order valence-corrected chi connectivity index (χ3v) is 3.39. The van der Waals surface area contributed by atoms with E-state index in [1.165, 1.54) is 5.56 Å². The van der Waals surface area contributed by atoms with Crippen molar-refractivity contribution >= 4 is 5.69 Å². The monoisotopic (exact) mass is 289 g/mol. The van der Waals surface area contributed by atoms with Gasteiger partial charge < -0.3 is 19.6 Å². The summed E-state index contributed by atoms with van der Waals surface area (Å²) in [6.07, 6.45) is 0. The lowest BCUT2D eigenvalue weighted by Crippen LogP contribution is -2.12. The Bertz CT molecular complexity index is 596. The molecule has 4 heteroatoms. The van der Waals surface area contributed by atoms with Crippen LogP contribution in [0.1, 0.15) is 37.9 Å². The fraction of sp³-hybridized carbons (Fsp3) is 0.412. The lowest BCUT2D eigenvalue weighted by Gasteiger charge is -2.21. The highest BCUT2D eigenvalue weighted by molar-refractivity contribution is 5.59. The summed E-state index contributed by atoms with van der Waals surface area (Å²) < 4.78 is 10.9. The smallest absolute Gasteiger partial charge is 0.141 e. The molecule has 0 bridgehead atoms. The number of rotatable bonds is 5. The second-order valence-electron chi connectivity index (χ2n) is 6.04. The van der Waals surface area contributed by atoms with E-state index in [4.69, 9.17) is 14.3 Å². The van der Waals surface area contributed by atoms with Gasteiger partial charge in [-0.1, -0.05) is 26.8 Å². The summed E-state index contributed by atoms with van der Waals surface area (Å²) in [6.45, 7) is 7.00. The minimum atomic E-state index is -0.0805. The average molecular weight is 289 g/mol. The van der Waals surface area contributed by atoms with Crippen LogP contribution in [0.4, 0.5) is 5.69 Å². The van der Waals surface area contributed by atoms with Gasteiger partial charge in [-0.05, 0) is 35.2 Å². The van der Waals surface area contributed by atoms with Crippen LogP contribution in [0.2, 0.25) is 0 Å². The number of benzene rings is 1. The fourth-order valence-electron chi connectivity index (χ4n) is 2.10. The van der Waals surface area contributed by atoms with Crippen LogP contribution in [0.15, 0.2) is 34.7 Å². The molecule has 2 N–H and O–H groups in total. The molecule has 0 unspecified atom stereocenters. The highest BCUT2D eigenvalue weighted by Crippen LogP contribution is 2.31. The van der Waals surface area contributed by atoms with E-state index in [1.807, 2.05) is 12.1 Å². The number of methoxy groups -OCH3 is 1. The van der Waals surface area contributed by atoms with E-state index in [2.05, 4.69) is 38.2 Å². The van der Waals surface area contributed by atoms with Gasteiger partial charge in [0.1, 0.15) is 23.9 Å². The van der Waals surface area contributed by atoms with Gasteiger partial charge in [0.25, 0.3) is 0 Å². The fourth-order valence-corrected chi connectivity index (χ4v) is 2.10. The first kappa shape index (κ1) is 15.4. The van der Waals surface area contributed by atoms with Crippen LogP contribution in [-0.2, 0) is 18.6 Å². The molecule has 0 aliphatic rings. The molecule has 0 saturated heterocycles. The van der Waals surface area contributed by atoms with E-state index in [1.54, 1.807) is 13.2 Å². The van der Waals surface area contributed by atoms with Crippen LogP contribution in [0.25, 0.3) is 0 Å². The molecule has 0 radical (unpaired) electrons. The minimum Gasteiger partial charge on any atom is -0.495 e.